The third-order valence-corrected chi connectivity index (χ3v) is 4.29. The average molecular weight is 553 g/mol. The van der Waals surface area contributed by atoms with Crippen LogP contribution in [0, 0.1) is 6.92 Å². The van der Waals surface area contributed by atoms with E-state index in [9.17, 15) is 9.59 Å². The third kappa shape index (κ3) is 9.99. The summed E-state index contributed by atoms with van der Waals surface area (Å²) in [6.07, 6.45) is -0.0381. The zero-order chi connectivity index (χ0) is 22.6. The first-order chi connectivity index (χ1) is 14.9. The highest BCUT2D eigenvalue weighted by atomic mass is 127. The molecule has 2 rings (SSSR count). The minimum absolute atomic E-state index is 0. The molecule has 8 nitrogen and oxygen atoms in total. The van der Waals surface area contributed by atoms with Crippen molar-refractivity contribution in [3.05, 3.63) is 65.2 Å². The molecule has 5 N–H and O–H groups in total. The van der Waals surface area contributed by atoms with E-state index >= 15 is 0 Å². The largest absolute Gasteiger partial charge is 0.489 e. The van der Waals surface area contributed by atoms with Gasteiger partial charge in [0, 0.05) is 12.1 Å². The van der Waals surface area contributed by atoms with Crippen molar-refractivity contribution >= 4 is 41.8 Å². The number of nitrogens with two attached hydrogens (primary N) is 1. The van der Waals surface area contributed by atoms with Crippen LogP contribution in [0.4, 0.5) is 0 Å². The van der Waals surface area contributed by atoms with E-state index in [4.69, 9.17) is 10.5 Å². The van der Waals surface area contributed by atoms with Gasteiger partial charge in [-0.25, -0.2) is 4.99 Å². The number of primary amides is 1. The molecule has 0 bridgehead atoms. The van der Waals surface area contributed by atoms with E-state index < -0.39 is 5.91 Å². The summed E-state index contributed by atoms with van der Waals surface area (Å²) in [6, 6.07) is 15.0. The summed E-state index contributed by atoms with van der Waals surface area (Å²) in [4.78, 5) is 27.3. The quantitative estimate of drug-likeness (QED) is 0.205. The van der Waals surface area contributed by atoms with Gasteiger partial charge in [0.25, 0.3) is 5.91 Å². The molecular formula is C23H32IN5O3. The fourth-order valence-electron chi connectivity index (χ4n) is 2.75. The number of guanidine groups is 1. The molecule has 0 aliphatic rings. The van der Waals surface area contributed by atoms with Crippen molar-refractivity contribution in [1.29, 1.82) is 0 Å². The smallest absolute Gasteiger partial charge is 0.251 e. The number of aliphatic imine (C=N–C) groups is 1. The van der Waals surface area contributed by atoms with Gasteiger partial charge < -0.3 is 26.4 Å². The van der Waals surface area contributed by atoms with Crippen molar-refractivity contribution < 1.29 is 14.3 Å². The van der Waals surface area contributed by atoms with Crippen molar-refractivity contribution in [2.24, 2.45) is 10.7 Å². The van der Waals surface area contributed by atoms with Gasteiger partial charge in [0.2, 0.25) is 5.91 Å². The molecule has 174 valence electrons. The van der Waals surface area contributed by atoms with Gasteiger partial charge in [-0.2, -0.15) is 0 Å². The molecule has 0 aliphatic heterocycles. The minimum atomic E-state index is -0.582. The van der Waals surface area contributed by atoms with Crippen molar-refractivity contribution in [3.63, 3.8) is 0 Å². The Hall–Kier alpha value is -2.82. The maximum atomic E-state index is 11.9. The number of carbonyl (C=O) groups is 2. The van der Waals surface area contributed by atoms with Gasteiger partial charge in [0.1, 0.15) is 11.9 Å². The van der Waals surface area contributed by atoms with Crippen LogP contribution < -0.4 is 26.4 Å². The van der Waals surface area contributed by atoms with Gasteiger partial charge in [-0.3, -0.25) is 9.59 Å². The molecule has 0 radical (unpaired) electrons. The lowest BCUT2D eigenvalue weighted by Crippen LogP contribution is -2.41. The van der Waals surface area contributed by atoms with Gasteiger partial charge in [-0.1, -0.05) is 24.3 Å². The topological polar surface area (TPSA) is 118 Å². The molecule has 0 saturated carbocycles. The lowest BCUT2D eigenvalue weighted by molar-refractivity contribution is -0.117. The van der Waals surface area contributed by atoms with E-state index in [1.807, 2.05) is 57.2 Å². The van der Waals surface area contributed by atoms with Crippen molar-refractivity contribution in [3.8, 4) is 5.75 Å². The first-order valence-corrected chi connectivity index (χ1v) is 10.3. The summed E-state index contributed by atoms with van der Waals surface area (Å²) in [5.74, 6) is 0.606. The standard InChI is InChI=1S/C23H31N5O3.HI/c1-4-25-23(27-13-17(3)31-20-7-5-6-16(2)12-20)28-14-18-8-10-19(11-9-18)22(30)26-15-21(24)29;/h5-12,17H,4,13-15H2,1-3H3,(H2,24,29)(H,26,30)(H2,25,27,28);1H. The monoisotopic (exact) mass is 553 g/mol. The van der Waals surface area contributed by atoms with Crippen LogP contribution >= 0.6 is 24.0 Å². The first kappa shape index (κ1) is 27.2. The molecule has 2 amide bonds. The van der Waals surface area contributed by atoms with Gasteiger partial charge in [0.05, 0.1) is 19.6 Å². The Kier molecular flexibility index (Phi) is 12.1. The second kappa shape index (κ2) is 14.3. The molecule has 0 saturated heterocycles. The Balaban J connectivity index is 0.00000512. The fraction of sp³-hybridized carbons (Fsp3) is 0.348. The lowest BCUT2D eigenvalue weighted by atomic mass is 10.1. The first-order valence-electron chi connectivity index (χ1n) is 10.3. The number of benzene rings is 2. The van der Waals surface area contributed by atoms with E-state index in [1.165, 1.54) is 0 Å². The Labute approximate surface area is 206 Å². The second-order valence-corrected chi connectivity index (χ2v) is 7.17. The predicted molar refractivity (Wildman–Crippen MR) is 137 cm³/mol. The number of nitrogens with one attached hydrogen (secondary N) is 3. The number of amides is 2. The fourth-order valence-corrected chi connectivity index (χ4v) is 2.75. The zero-order valence-electron chi connectivity index (χ0n) is 18.7. The number of aryl methyl sites for hydroxylation is 1. The predicted octanol–water partition coefficient (Wildman–Crippen LogP) is 2.35. The molecule has 32 heavy (non-hydrogen) atoms. The maximum absolute atomic E-state index is 11.9. The van der Waals surface area contributed by atoms with Crippen LogP contribution in [0.5, 0.6) is 5.75 Å². The number of nitrogens with zero attached hydrogens (tertiary/aromatic N) is 1. The molecule has 9 heteroatoms. The highest BCUT2D eigenvalue weighted by Crippen LogP contribution is 2.13. The van der Waals surface area contributed by atoms with Gasteiger partial charge in [-0.05, 0) is 56.2 Å². The van der Waals surface area contributed by atoms with E-state index in [2.05, 4.69) is 20.9 Å². The van der Waals surface area contributed by atoms with Crippen LogP contribution in [0.2, 0.25) is 0 Å². The van der Waals surface area contributed by atoms with Crippen molar-refractivity contribution in [2.45, 2.75) is 33.4 Å². The zero-order valence-corrected chi connectivity index (χ0v) is 21.0. The summed E-state index contributed by atoms with van der Waals surface area (Å²) >= 11 is 0. The number of halogens is 1. The molecule has 1 atom stereocenters. The van der Waals surface area contributed by atoms with Crippen molar-refractivity contribution in [2.75, 3.05) is 19.6 Å². The molecule has 2 aromatic carbocycles. The molecule has 0 aliphatic carbocycles. The summed E-state index contributed by atoms with van der Waals surface area (Å²) in [5, 5.41) is 8.96. The number of rotatable bonds is 10. The lowest BCUT2D eigenvalue weighted by Gasteiger charge is -2.18. The summed E-state index contributed by atoms with van der Waals surface area (Å²) in [5.41, 5.74) is 7.60. The van der Waals surface area contributed by atoms with Crippen LogP contribution in [0.3, 0.4) is 0 Å². The highest BCUT2D eigenvalue weighted by Gasteiger charge is 2.08. The Bertz CT molecular complexity index is 903. The molecular weight excluding hydrogens is 521 g/mol. The van der Waals surface area contributed by atoms with Crippen molar-refractivity contribution in [1.82, 2.24) is 16.0 Å². The second-order valence-electron chi connectivity index (χ2n) is 7.17. The third-order valence-electron chi connectivity index (χ3n) is 4.29. The molecule has 1 unspecified atom stereocenters. The number of hydrogen-bond acceptors (Lipinski definition) is 4. The van der Waals surface area contributed by atoms with E-state index in [0.717, 1.165) is 23.4 Å². The van der Waals surface area contributed by atoms with Crippen LogP contribution in [-0.4, -0.2) is 43.5 Å². The van der Waals surface area contributed by atoms with Gasteiger partial charge in [-0.15, -0.1) is 24.0 Å². The summed E-state index contributed by atoms with van der Waals surface area (Å²) < 4.78 is 5.94. The summed E-state index contributed by atoms with van der Waals surface area (Å²) in [6.45, 7) is 7.63. The van der Waals surface area contributed by atoms with Crippen LogP contribution in [0.25, 0.3) is 0 Å². The molecule has 0 heterocycles. The van der Waals surface area contributed by atoms with E-state index in [1.54, 1.807) is 12.1 Å². The average Bonchev–Trinajstić information content (AvgIpc) is 2.74. The molecule has 0 aromatic heterocycles. The van der Waals surface area contributed by atoms with Crippen LogP contribution in [0.1, 0.15) is 35.3 Å². The van der Waals surface area contributed by atoms with Gasteiger partial charge in [0.15, 0.2) is 5.96 Å². The van der Waals surface area contributed by atoms with E-state index in [0.29, 0.717) is 24.6 Å². The van der Waals surface area contributed by atoms with E-state index in [-0.39, 0.29) is 42.5 Å². The summed E-state index contributed by atoms with van der Waals surface area (Å²) in [7, 11) is 0. The Morgan fingerprint density at radius 1 is 1.09 bits per heavy atom. The maximum Gasteiger partial charge on any atom is 0.251 e. The van der Waals surface area contributed by atoms with Gasteiger partial charge >= 0.3 is 0 Å². The Morgan fingerprint density at radius 3 is 2.44 bits per heavy atom. The van der Waals surface area contributed by atoms with Crippen LogP contribution in [0.15, 0.2) is 53.5 Å². The number of ether oxygens (including phenoxy) is 1. The highest BCUT2D eigenvalue weighted by molar-refractivity contribution is 14.0. The normalized spacial score (nSPS) is 11.7. The number of carbonyl (C=O) groups excluding carboxylic acids is 2. The molecule has 0 fully saturated rings. The SMILES string of the molecule is CCNC(=NCc1ccc(C(=O)NCC(N)=O)cc1)NCC(C)Oc1cccc(C)c1.I. The Morgan fingerprint density at radius 2 is 1.81 bits per heavy atom. The van der Waals surface area contributed by atoms with Crippen LogP contribution in [-0.2, 0) is 11.3 Å². The molecule has 0 spiro atoms. The minimum Gasteiger partial charge on any atom is -0.489 e. The molecule has 2 aromatic rings. The number of hydrogen-bond donors (Lipinski definition) is 4.